The molecule has 2 heteroatoms. The SMILES string of the molecule is C=CC(CCC)OCc1ccc(OC)cc1. The first-order valence-corrected chi connectivity index (χ1v) is 5.67. The molecule has 1 aromatic carbocycles. The molecule has 0 aliphatic rings. The Balaban J connectivity index is 2.43. The Morgan fingerprint density at radius 3 is 2.50 bits per heavy atom. The molecule has 0 aliphatic heterocycles. The van der Waals surface area contributed by atoms with Crippen molar-refractivity contribution < 1.29 is 9.47 Å². The summed E-state index contributed by atoms with van der Waals surface area (Å²) >= 11 is 0. The first-order valence-electron chi connectivity index (χ1n) is 5.67. The fourth-order valence-electron chi connectivity index (χ4n) is 1.48. The highest BCUT2D eigenvalue weighted by molar-refractivity contribution is 5.26. The Bertz CT molecular complexity index is 303. The molecule has 2 nitrogen and oxygen atoms in total. The van der Waals surface area contributed by atoms with Crippen LogP contribution in [0.5, 0.6) is 5.75 Å². The van der Waals surface area contributed by atoms with Crippen LogP contribution >= 0.6 is 0 Å². The number of hydrogen-bond donors (Lipinski definition) is 0. The Morgan fingerprint density at radius 2 is 2.00 bits per heavy atom. The number of ether oxygens (including phenoxy) is 2. The van der Waals surface area contributed by atoms with Crippen molar-refractivity contribution in [3.05, 3.63) is 42.5 Å². The molecule has 16 heavy (non-hydrogen) atoms. The van der Waals surface area contributed by atoms with Crippen LogP contribution in [-0.4, -0.2) is 13.2 Å². The molecule has 0 saturated carbocycles. The van der Waals surface area contributed by atoms with Gasteiger partial charge in [0.2, 0.25) is 0 Å². The van der Waals surface area contributed by atoms with Gasteiger partial charge in [-0.05, 0) is 24.1 Å². The zero-order chi connectivity index (χ0) is 11.8. The molecular weight excluding hydrogens is 200 g/mol. The molecule has 0 N–H and O–H groups in total. The molecule has 1 rings (SSSR count). The van der Waals surface area contributed by atoms with Crippen molar-refractivity contribution in [3.63, 3.8) is 0 Å². The third-order valence-corrected chi connectivity index (χ3v) is 2.46. The highest BCUT2D eigenvalue weighted by atomic mass is 16.5. The topological polar surface area (TPSA) is 18.5 Å². The lowest BCUT2D eigenvalue weighted by molar-refractivity contribution is 0.0662. The van der Waals surface area contributed by atoms with E-state index in [0.29, 0.717) is 6.61 Å². The van der Waals surface area contributed by atoms with Gasteiger partial charge in [0, 0.05) is 0 Å². The van der Waals surface area contributed by atoms with Crippen molar-refractivity contribution in [2.75, 3.05) is 7.11 Å². The quantitative estimate of drug-likeness (QED) is 0.654. The van der Waals surface area contributed by atoms with Crippen LogP contribution in [-0.2, 0) is 11.3 Å². The minimum atomic E-state index is 0.159. The lowest BCUT2D eigenvalue weighted by Gasteiger charge is -2.13. The maximum absolute atomic E-state index is 5.73. The lowest BCUT2D eigenvalue weighted by Crippen LogP contribution is -2.08. The van der Waals surface area contributed by atoms with Crippen LogP contribution in [0.15, 0.2) is 36.9 Å². The van der Waals surface area contributed by atoms with Crippen molar-refractivity contribution in [1.29, 1.82) is 0 Å². The van der Waals surface area contributed by atoms with E-state index in [0.717, 1.165) is 24.2 Å². The first-order chi connectivity index (χ1) is 7.80. The molecule has 88 valence electrons. The van der Waals surface area contributed by atoms with Crippen molar-refractivity contribution in [2.45, 2.75) is 32.5 Å². The lowest BCUT2D eigenvalue weighted by atomic mass is 10.2. The Kier molecular flexibility index (Phi) is 5.65. The van der Waals surface area contributed by atoms with E-state index in [2.05, 4.69) is 13.5 Å². The van der Waals surface area contributed by atoms with Crippen molar-refractivity contribution in [1.82, 2.24) is 0 Å². The normalized spacial score (nSPS) is 12.1. The second-order valence-corrected chi connectivity index (χ2v) is 3.72. The van der Waals surface area contributed by atoms with Gasteiger partial charge in [-0.3, -0.25) is 0 Å². The third kappa shape index (κ3) is 4.07. The van der Waals surface area contributed by atoms with Gasteiger partial charge in [0.15, 0.2) is 0 Å². The molecule has 0 fully saturated rings. The second-order valence-electron chi connectivity index (χ2n) is 3.72. The molecule has 1 unspecified atom stereocenters. The third-order valence-electron chi connectivity index (χ3n) is 2.46. The summed E-state index contributed by atoms with van der Waals surface area (Å²) in [5, 5.41) is 0. The number of hydrogen-bond acceptors (Lipinski definition) is 2. The van der Waals surface area contributed by atoms with E-state index in [-0.39, 0.29) is 6.10 Å². The monoisotopic (exact) mass is 220 g/mol. The summed E-state index contributed by atoms with van der Waals surface area (Å²) in [5.41, 5.74) is 1.16. The molecule has 0 aliphatic carbocycles. The van der Waals surface area contributed by atoms with E-state index < -0.39 is 0 Å². The Hall–Kier alpha value is -1.28. The molecule has 0 aromatic heterocycles. The first kappa shape index (κ1) is 12.8. The Morgan fingerprint density at radius 1 is 1.31 bits per heavy atom. The number of rotatable bonds is 7. The van der Waals surface area contributed by atoms with Gasteiger partial charge in [0.1, 0.15) is 5.75 Å². The number of methoxy groups -OCH3 is 1. The van der Waals surface area contributed by atoms with Gasteiger partial charge in [-0.25, -0.2) is 0 Å². The fraction of sp³-hybridized carbons (Fsp3) is 0.429. The highest BCUT2D eigenvalue weighted by Gasteiger charge is 2.03. The van der Waals surface area contributed by atoms with Crippen molar-refractivity contribution >= 4 is 0 Å². The summed E-state index contributed by atoms with van der Waals surface area (Å²) in [4.78, 5) is 0. The maximum Gasteiger partial charge on any atom is 0.118 e. The molecular formula is C14H20O2. The molecule has 0 amide bonds. The van der Waals surface area contributed by atoms with E-state index in [1.54, 1.807) is 7.11 Å². The summed E-state index contributed by atoms with van der Waals surface area (Å²) in [6, 6.07) is 7.93. The molecule has 1 aromatic rings. The summed E-state index contributed by atoms with van der Waals surface area (Å²) in [7, 11) is 1.67. The molecule has 0 bridgehead atoms. The summed E-state index contributed by atoms with van der Waals surface area (Å²) in [5.74, 6) is 0.873. The van der Waals surface area contributed by atoms with Crippen LogP contribution < -0.4 is 4.74 Å². The fourth-order valence-corrected chi connectivity index (χ4v) is 1.48. The van der Waals surface area contributed by atoms with E-state index in [1.807, 2.05) is 30.3 Å². The maximum atomic E-state index is 5.73. The molecule has 0 heterocycles. The summed E-state index contributed by atoms with van der Waals surface area (Å²) in [6.07, 6.45) is 4.17. The molecule has 0 spiro atoms. The van der Waals surface area contributed by atoms with Gasteiger partial charge < -0.3 is 9.47 Å². The van der Waals surface area contributed by atoms with E-state index in [9.17, 15) is 0 Å². The average Bonchev–Trinajstić information content (AvgIpc) is 2.35. The minimum absolute atomic E-state index is 0.159. The van der Waals surface area contributed by atoms with Gasteiger partial charge in [0.25, 0.3) is 0 Å². The zero-order valence-electron chi connectivity index (χ0n) is 10.1. The van der Waals surface area contributed by atoms with Crippen molar-refractivity contribution in [3.8, 4) is 5.75 Å². The largest absolute Gasteiger partial charge is 0.497 e. The smallest absolute Gasteiger partial charge is 0.118 e. The van der Waals surface area contributed by atoms with Crippen molar-refractivity contribution in [2.24, 2.45) is 0 Å². The minimum Gasteiger partial charge on any atom is -0.497 e. The summed E-state index contributed by atoms with van der Waals surface area (Å²) < 4.78 is 10.8. The van der Waals surface area contributed by atoms with Crippen LogP contribution in [0.4, 0.5) is 0 Å². The van der Waals surface area contributed by atoms with Crippen LogP contribution in [0, 0.1) is 0 Å². The Labute approximate surface area is 97.9 Å². The molecule has 0 saturated heterocycles. The van der Waals surface area contributed by atoms with Crippen LogP contribution in [0.25, 0.3) is 0 Å². The van der Waals surface area contributed by atoms with Gasteiger partial charge in [0.05, 0.1) is 19.8 Å². The second kappa shape index (κ2) is 7.07. The van der Waals surface area contributed by atoms with Crippen LogP contribution in [0.2, 0.25) is 0 Å². The van der Waals surface area contributed by atoms with Crippen LogP contribution in [0.3, 0.4) is 0 Å². The van der Waals surface area contributed by atoms with E-state index in [1.165, 1.54) is 0 Å². The zero-order valence-corrected chi connectivity index (χ0v) is 10.1. The van der Waals surface area contributed by atoms with Gasteiger partial charge in [-0.2, -0.15) is 0 Å². The van der Waals surface area contributed by atoms with Gasteiger partial charge in [-0.15, -0.1) is 6.58 Å². The predicted octanol–water partition coefficient (Wildman–Crippen LogP) is 3.57. The number of benzene rings is 1. The van der Waals surface area contributed by atoms with Gasteiger partial charge in [-0.1, -0.05) is 31.6 Å². The van der Waals surface area contributed by atoms with Crippen LogP contribution in [0.1, 0.15) is 25.3 Å². The highest BCUT2D eigenvalue weighted by Crippen LogP contribution is 2.13. The predicted molar refractivity (Wildman–Crippen MR) is 66.7 cm³/mol. The van der Waals surface area contributed by atoms with Gasteiger partial charge >= 0.3 is 0 Å². The van der Waals surface area contributed by atoms with E-state index >= 15 is 0 Å². The molecule has 1 atom stereocenters. The summed E-state index contributed by atoms with van der Waals surface area (Å²) in [6.45, 7) is 6.55. The standard InChI is InChI=1S/C14H20O2/c1-4-6-13(5-2)16-11-12-7-9-14(15-3)10-8-12/h5,7-10,13H,2,4,6,11H2,1,3H3. The molecule has 0 radical (unpaired) electrons. The van der Waals surface area contributed by atoms with E-state index in [4.69, 9.17) is 9.47 Å². The average molecular weight is 220 g/mol.